The fourth-order valence-corrected chi connectivity index (χ4v) is 1.84. The van der Waals surface area contributed by atoms with Crippen molar-refractivity contribution in [2.45, 2.75) is 38.4 Å². The van der Waals surface area contributed by atoms with Crippen LogP contribution in [0.5, 0.6) is 0 Å². The Morgan fingerprint density at radius 1 is 1.53 bits per heavy atom. The molecule has 0 bridgehead atoms. The summed E-state index contributed by atoms with van der Waals surface area (Å²) in [5.74, 6) is -0.369. The van der Waals surface area contributed by atoms with E-state index >= 15 is 0 Å². The van der Waals surface area contributed by atoms with E-state index in [-0.39, 0.29) is 17.8 Å². The Morgan fingerprint density at radius 2 is 2.18 bits per heavy atom. The number of benzene rings is 1. The van der Waals surface area contributed by atoms with Crippen molar-refractivity contribution in [3.63, 3.8) is 0 Å². The number of nitrogens with zero attached hydrogens (tertiary/aromatic N) is 1. The van der Waals surface area contributed by atoms with Crippen LogP contribution >= 0.6 is 0 Å². The molecule has 0 aliphatic heterocycles. The molecule has 3 nitrogen and oxygen atoms in total. The number of amides is 1. The van der Waals surface area contributed by atoms with Crippen molar-refractivity contribution in [2.24, 2.45) is 5.73 Å². The van der Waals surface area contributed by atoms with E-state index in [9.17, 15) is 9.18 Å². The van der Waals surface area contributed by atoms with Gasteiger partial charge < -0.3 is 10.6 Å². The monoisotopic (exact) mass is 236 g/mol. The first-order valence-electron chi connectivity index (χ1n) is 5.89. The van der Waals surface area contributed by atoms with Crippen LogP contribution in [-0.4, -0.2) is 22.9 Å². The number of hydrogen-bond acceptors (Lipinski definition) is 2. The van der Waals surface area contributed by atoms with E-state index in [4.69, 9.17) is 5.73 Å². The third kappa shape index (κ3) is 2.82. The molecule has 2 rings (SSSR count). The molecule has 4 heteroatoms. The molecule has 0 heterocycles. The summed E-state index contributed by atoms with van der Waals surface area (Å²) in [7, 11) is 0. The predicted octanol–water partition coefficient (Wildman–Crippen LogP) is 1.66. The second-order valence-electron chi connectivity index (χ2n) is 4.58. The van der Waals surface area contributed by atoms with Crippen LogP contribution in [0.4, 0.5) is 4.39 Å². The van der Waals surface area contributed by atoms with Crippen molar-refractivity contribution in [3.8, 4) is 0 Å². The summed E-state index contributed by atoms with van der Waals surface area (Å²) in [6.07, 6.45) is 1.99. The van der Waals surface area contributed by atoms with Gasteiger partial charge in [-0.05, 0) is 25.8 Å². The molecule has 1 fully saturated rings. The number of rotatable bonds is 4. The van der Waals surface area contributed by atoms with Gasteiger partial charge in [-0.3, -0.25) is 4.79 Å². The lowest BCUT2D eigenvalue weighted by Crippen LogP contribution is -2.43. The van der Waals surface area contributed by atoms with E-state index < -0.39 is 6.04 Å². The van der Waals surface area contributed by atoms with Crippen molar-refractivity contribution in [1.82, 2.24) is 4.90 Å². The lowest BCUT2D eigenvalue weighted by Gasteiger charge is -2.24. The predicted molar refractivity (Wildman–Crippen MR) is 63.6 cm³/mol. The quantitative estimate of drug-likeness (QED) is 0.864. The Labute approximate surface area is 100 Å². The van der Waals surface area contributed by atoms with E-state index in [1.54, 1.807) is 30.0 Å². The normalized spacial score (nSPS) is 16.6. The highest BCUT2D eigenvalue weighted by atomic mass is 19.1. The van der Waals surface area contributed by atoms with Crippen LogP contribution in [0.1, 0.15) is 25.3 Å². The molecule has 1 aromatic rings. The van der Waals surface area contributed by atoms with Crippen molar-refractivity contribution >= 4 is 5.91 Å². The molecule has 0 unspecified atom stereocenters. The molecule has 1 amide bonds. The van der Waals surface area contributed by atoms with E-state index in [1.807, 2.05) is 0 Å². The van der Waals surface area contributed by atoms with Gasteiger partial charge in [0.1, 0.15) is 5.82 Å². The van der Waals surface area contributed by atoms with Crippen LogP contribution in [0, 0.1) is 5.82 Å². The minimum Gasteiger partial charge on any atom is -0.334 e. The highest BCUT2D eigenvalue weighted by Crippen LogP contribution is 2.29. The third-order valence-electron chi connectivity index (χ3n) is 2.96. The smallest absolute Gasteiger partial charge is 0.239 e. The molecule has 2 N–H and O–H groups in total. The van der Waals surface area contributed by atoms with Crippen LogP contribution in [0.2, 0.25) is 0 Å². The second-order valence-corrected chi connectivity index (χ2v) is 4.58. The van der Waals surface area contributed by atoms with Gasteiger partial charge in [0.25, 0.3) is 0 Å². The summed E-state index contributed by atoms with van der Waals surface area (Å²) in [5.41, 5.74) is 6.16. The van der Waals surface area contributed by atoms with Crippen molar-refractivity contribution in [1.29, 1.82) is 0 Å². The standard InChI is InChI=1S/C13H17FN2O/c1-9(15)13(17)16(11-6-7-11)8-10-4-2-3-5-12(10)14/h2-5,9,11H,6-8,15H2,1H3/t9-/m1/s1. The van der Waals surface area contributed by atoms with E-state index in [0.29, 0.717) is 12.1 Å². The Balaban J connectivity index is 2.13. The van der Waals surface area contributed by atoms with Crippen molar-refractivity contribution < 1.29 is 9.18 Å². The summed E-state index contributed by atoms with van der Waals surface area (Å²) in [5, 5.41) is 0. The van der Waals surface area contributed by atoms with Crippen LogP contribution in [0.15, 0.2) is 24.3 Å². The third-order valence-corrected chi connectivity index (χ3v) is 2.96. The Kier molecular flexibility index (Phi) is 3.43. The highest BCUT2D eigenvalue weighted by molar-refractivity contribution is 5.81. The minimum atomic E-state index is -0.526. The molecule has 17 heavy (non-hydrogen) atoms. The first-order chi connectivity index (χ1) is 8.09. The highest BCUT2D eigenvalue weighted by Gasteiger charge is 2.33. The van der Waals surface area contributed by atoms with E-state index in [1.165, 1.54) is 6.07 Å². The molecule has 1 aliphatic carbocycles. The molecular formula is C13H17FN2O. The zero-order valence-electron chi connectivity index (χ0n) is 9.90. The van der Waals surface area contributed by atoms with Gasteiger partial charge in [-0.2, -0.15) is 0 Å². The van der Waals surface area contributed by atoms with Gasteiger partial charge in [-0.1, -0.05) is 18.2 Å². The molecule has 0 saturated heterocycles. The summed E-state index contributed by atoms with van der Waals surface area (Å²) < 4.78 is 13.5. The van der Waals surface area contributed by atoms with Gasteiger partial charge in [0.05, 0.1) is 6.04 Å². The average molecular weight is 236 g/mol. The zero-order chi connectivity index (χ0) is 12.4. The summed E-state index contributed by atoms with van der Waals surface area (Å²) >= 11 is 0. The molecule has 1 saturated carbocycles. The molecule has 92 valence electrons. The zero-order valence-corrected chi connectivity index (χ0v) is 9.90. The summed E-state index contributed by atoms with van der Waals surface area (Å²) in [4.78, 5) is 13.6. The van der Waals surface area contributed by atoms with E-state index in [2.05, 4.69) is 0 Å². The molecule has 0 spiro atoms. The molecule has 1 aromatic carbocycles. The summed E-state index contributed by atoms with van der Waals surface area (Å²) in [6, 6.07) is 6.26. The molecule has 0 radical (unpaired) electrons. The minimum absolute atomic E-state index is 0.101. The van der Waals surface area contributed by atoms with Gasteiger partial charge in [0.2, 0.25) is 5.91 Å². The van der Waals surface area contributed by atoms with Crippen LogP contribution in [-0.2, 0) is 11.3 Å². The molecule has 0 aromatic heterocycles. The lowest BCUT2D eigenvalue weighted by molar-refractivity contribution is -0.133. The number of carbonyl (C=O) groups excluding carboxylic acids is 1. The topological polar surface area (TPSA) is 46.3 Å². The van der Waals surface area contributed by atoms with Gasteiger partial charge in [0.15, 0.2) is 0 Å². The van der Waals surface area contributed by atoms with Crippen molar-refractivity contribution in [2.75, 3.05) is 0 Å². The SMILES string of the molecule is C[C@@H](N)C(=O)N(Cc1ccccc1F)C1CC1. The maximum atomic E-state index is 13.5. The Morgan fingerprint density at radius 3 is 2.71 bits per heavy atom. The first-order valence-corrected chi connectivity index (χ1v) is 5.89. The fourth-order valence-electron chi connectivity index (χ4n) is 1.84. The number of hydrogen-bond donors (Lipinski definition) is 1. The van der Waals surface area contributed by atoms with Gasteiger partial charge >= 0.3 is 0 Å². The first kappa shape index (κ1) is 12.0. The largest absolute Gasteiger partial charge is 0.334 e. The average Bonchev–Trinajstić information content (AvgIpc) is 3.11. The Bertz CT molecular complexity index is 416. The van der Waals surface area contributed by atoms with Gasteiger partial charge in [-0.15, -0.1) is 0 Å². The number of halogens is 1. The Hall–Kier alpha value is -1.42. The summed E-state index contributed by atoms with van der Waals surface area (Å²) in [6.45, 7) is 1.98. The fraction of sp³-hybridized carbons (Fsp3) is 0.462. The maximum absolute atomic E-state index is 13.5. The molecule has 1 atom stereocenters. The van der Waals surface area contributed by atoms with E-state index in [0.717, 1.165) is 12.8 Å². The number of nitrogens with two attached hydrogens (primary N) is 1. The van der Waals surface area contributed by atoms with Crippen LogP contribution in [0.25, 0.3) is 0 Å². The number of carbonyl (C=O) groups is 1. The van der Waals surface area contributed by atoms with Crippen molar-refractivity contribution in [3.05, 3.63) is 35.6 Å². The molecular weight excluding hydrogens is 219 g/mol. The lowest BCUT2D eigenvalue weighted by atomic mass is 10.2. The second kappa shape index (κ2) is 4.84. The van der Waals surface area contributed by atoms with Crippen LogP contribution in [0.3, 0.4) is 0 Å². The molecule has 1 aliphatic rings. The maximum Gasteiger partial charge on any atom is 0.239 e. The van der Waals surface area contributed by atoms with Gasteiger partial charge in [0, 0.05) is 18.2 Å². The van der Waals surface area contributed by atoms with Gasteiger partial charge in [-0.25, -0.2) is 4.39 Å². The van der Waals surface area contributed by atoms with Crippen LogP contribution < -0.4 is 5.73 Å².